The number of fused-ring (bicyclic) bond motifs is 1. The highest BCUT2D eigenvalue weighted by Gasteiger charge is 2.19. The van der Waals surface area contributed by atoms with Crippen LogP contribution in [-0.4, -0.2) is 21.8 Å². The van der Waals surface area contributed by atoms with Crippen molar-refractivity contribution in [3.8, 4) is 17.2 Å². The molecule has 0 bridgehead atoms. The number of carbonyl (C=O) groups excluding carboxylic acids is 1. The maximum atomic E-state index is 14.3. The quantitative estimate of drug-likeness (QED) is 0.765. The van der Waals surface area contributed by atoms with Crippen molar-refractivity contribution in [2.45, 2.75) is 13.3 Å². The van der Waals surface area contributed by atoms with E-state index in [0.29, 0.717) is 23.3 Å². The molecule has 2 aromatic heterocycles. The molecule has 0 aliphatic heterocycles. The van der Waals surface area contributed by atoms with Gasteiger partial charge < -0.3 is 11.1 Å². The number of halogens is 1. The van der Waals surface area contributed by atoms with Gasteiger partial charge in [0.2, 0.25) is 0 Å². The lowest BCUT2D eigenvalue weighted by Gasteiger charge is -2.06. The molecule has 1 amide bonds. The summed E-state index contributed by atoms with van der Waals surface area (Å²) in [4.78, 5) is 16.5. The predicted molar refractivity (Wildman–Crippen MR) is 92.3 cm³/mol. The number of nitriles is 1. The summed E-state index contributed by atoms with van der Waals surface area (Å²) in [5, 5.41) is 11.8. The predicted octanol–water partition coefficient (Wildman–Crippen LogP) is 2.73. The molecule has 7 heteroatoms. The fourth-order valence-electron chi connectivity index (χ4n) is 2.59. The molecule has 0 radical (unpaired) electrons. The smallest absolute Gasteiger partial charge is 0.273 e. The van der Waals surface area contributed by atoms with E-state index in [-0.39, 0.29) is 23.0 Å². The molecule has 6 nitrogen and oxygen atoms in total. The van der Waals surface area contributed by atoms with Crippen molar-refractivity contribution in [2.75, 3.05) is 12.3 Å². The van der Waals surface area contributed by atoms with Gasteiger partial charge in [0.05, 0.1) is 11.6 Å². The van der Waals surface area contributed by atoms with Crippen LogP contribution in [0.2, 0.25) is 0 Å². The van der Waals surface area contributed by atoms with Crippen LogP contribution in [0.4, 0.5) is 10.2 Å². The molecule has 0 aliphatic rings. The van der Waals surface area contributed by atoms with Crippen molar-refractivity contribution < 1.29 is 9.18 Å². The lowest BCUT2D eigenvalue weighted by Crippen LogP contribution is -2.25. The van der Waals surface area contributed by atoms with E-state index in [9.17, 15) is 9.18 Å². The number of hydrogen-bond acceptors (Lipinski definition) is 4. The molecule has 0 aliphatic carbocycles. The maximum absolute atomic E-state index is 14.3. The fraction of sp³-hybridized carbons (Fsp3) is 0.167. The highest BCUT2D eigenvalue weighted by molar-refractivity contribution is 5.98. The summed E-state index contributed by atoms with van der Waals surface area (Å²) in [5.41, 5.74) is 7.52. The van der Waals surface area contributed by atoms with Crippen molar-refractivity contribution in [1.82, 2.24) is 14.7 Å². The van der Waals surface area contributed by atoms with Gasteiger partial charge in [0, 0.05) is 23.9 Å². The number of imidazole rings is 1. The Morgan fingerprint density at radius 3 is 2.92 bits per heavy atom. The minimum atomic E-state index is -0.481. The Morgan fingerprint density at radius 1 is 1.40 bits per heavy atom. The number of nitrogens with two attached hydrogens (primary N) is 1. The average molecular weight is 337 g/mol. The van der Waals surface area contributed by atoms with Crippen LogP contribution in [0, 0.1) is 17.1 Å². The van der Waals surface area contributed by atoms with E-state index in [1.165, 1.54) is 22.6 Å². The lowest BCUT2D eigenvalue weighted by molar-refractivity contribution is 0.0950. The number of nitrogens with zero attached hydrogens (tertiary/aromatic N) is 3. The topological polar surface area (TPSA) is 96.2 Å². The molecule has 1 aromatic carbocycles. The van der Waals surface area contributed by atoms with Crippen molar-refractivity contribution in [3.63, 3.8) is 0 Å². The summed E-state index contributed by atoms with van der Waals surface area (Å²) in [5.74, 6) is -0.673. The lowest BCUT2D eigenvalue weighted by atomic mass is 10.0. The second-order valence-electron chi connectivity index (χ2n) is 5.52. The standard InChI is InChI=1S/C18H16FN5O/c1-2-7-22-18(25)15-16(21)24-8-3-4-12(17(24)23-15)13-9-11(10-20)5-6-14(13)19/h3-6,8-9H,2,7,21H2,1H3,(H,22,25). The zero-order chi connectivity index (χ0) is 18.0. The van der Waals surface area contributed by atoms with E-state index >= 15 is 0 Å². The first-order valence-corrected chi connectivity index (χ1v) is 7.81. The van der Waals surface area contributed by atoms with Gasteiger partial charge in [-0.15, -0.1) is 0 Å². The Kier molecular flexibility index (Phi) is 4.35. The molecule has 0 atom stereocenters. The molecule has 3 N–H and O–H groups in total. The van der Waals surface area contributed by atoms with E-state index in [1.807, 2.05) is 13.0 Å². The van der Waals surface area contributed by atoms with Crippen LogP contribution in [0.3, 0.4) is 0 Å². The van der Waals surface area contributed by atoms with Gasteiger partial charge in [0.15, 0.2) is 5.69 Å². The monoisotopic (exact) mass is 337 g/mol. The van der Waals surface area contributed by atoms with Crippen LogP contribution in [0.1, 0.15) is 29.4 Å². The second kappa shape index (κ2) is 6.61. The third-order valence-corrected chi connectivity index (χ3v) is 3.82. The van der Waals surface area contributed by atoms with E-state index in [1.54, 1.807) is 18.3 Å². The second-order valence-corrected chi connectivity index (χ2v) is 5.52. The van der Waals surface area contributed by atoms with E-state index in [2.05, 4.69) is 10.3 Å². The molecule has 3 aromatic rings. The number of benzene rings is 1. The van der Waals surface area contributed by atoms with Crippen molar-refractivity contribution in [1.29, 1.82) is 5.26 Å². The largest absolute Gasteiger partial charge is 0.383 e. The Morgan fingerprint density at radius 2 is 2.20 bits per heavy atom. The number of hydrogen-bond donors (Lipinski definition) is 2. The highest BCUT2D eigenvalue weighted by Crippen LogP contribution is 2.29. The SMILES string of the molecule is CCCNC(=O)c1nc2c(-c3cc(C#N)ccc3F)cccn2c1N. The molecule has 0 unspecified atom stereocenters. The number of nitrogens with one attached hydrogen (secondary N) is 1. The molecule has 0 saturated heterocycles. The third-order valence-electron chi connectivity index (χ3n) is 3.82. The first-order chi connectivity index (χ1) is 12.1. The highest BCUT2D eigenvalue weighted by atomic mass is 19.1. The summed E-state index contributed by atoms with van der Waals surface area (Å²) < 4.78 is 15.8. The molecule has 2 heterocycles. The van der Waals surface area contributed by atoms with Gasteiger partial charge in [-0.05, 0) is 36.8 Å². The van der Waals surface area contributed by atoms with Gasteiger partial charge >= 0.3 is 0 Å². The van der Waals surface area contributed by atoms with Crippen molar-refractivity contribution in [2.24, 2.45) is 0 Å². The molecule has 0 fully saturated rings. The number of aromatic nitrogens is 2. The first kappa shape index (κ1) is 16.5. The third kappa shape index (κ3) is 2.90. The molecule has 25 heavy (non-hydrogen) atoms. The summed E-state index contributed by atoms with van der Waals surface area (Å²) in [6.45, 7) is 2.45. The Hall–Kier alpha value is -3.40. The number of carbonyl (C=O) groups is 1. The fourth-order valence-corrected chi connectivity index (χ4v) is 2.59. The number of rotatable bonds is 4. The molecular formula is C18H16FN5O. The first-order valence-electron chi connectivity index (χ1n) is 7.81. The number of pyridine rings is 1. The van der Waals surface area contributed by atoms with E-state index < -0.39 is 5.82 Å². The molecule has 126 valence electrons. The normalized spacial score (nSPS) is 10.6. The minimum absolute atomic E-state index is 0.0951. The summed E-state index contributed by atoms with van der Waals surface area (Å²) in [6.07, 6.45) is 2.44. The van der Waals surface area contributed by atoms with Gasteiger partial charge in [-0.3, -0.25) is 9.20 Å². The Balaban J connectivity index is 2.19. The van der Waals surface area contributed by atoms with Gasteiger partial charge in [-0.25, -0.2) is 9.37 Å². The van der Waals surface area contributed by atoms with E-state index in [4.69, 9.17) is 11.0 Å². The van der Waals surface area contributed by atoms with Gasteiger partial charge in [-0.2, -0.15) is 5.26 Å². The van der Waals surface area contributed by atoms with Gasteiger partial charge in [0.1, 0.15) is 17.3 Å². The van der Waals surface area contributed by atoms with Crippen LogP contribution in [0.25, 0.3) is 16.8 Å². The average Bonchev–Trinajstić information content (AvgIpc) is 2.97. The summed E-state index contributed by atoms with van der Waals surface area (Å²) in [7, 11) is 0. The zero-order valence-electron chi connectivity index (χ0n) is 13.6. The van der Waals surface area contributed by atoms with Crippen molar-refractivity contribution >= 4 is 17.4 Å². The number of nitrogen functional groups attached to an aromatic ring is 1. The maximum Gasteiger partial charge on any atom is 0.273 e. The Bertz CT molecular complexity index is 1000. The van der Waals surface area contributed by atoms with Crippen LogP contribution < -0.4 is 11.1 Å². The van der Waals surface area contributed by atoms with Crippen LogP contribution >= 0.6 is 0 Å². The van der Waals surface area contributed by atoms with Crippen molar-refractivity contribution in [3.05, 3.63) is 53.6 Å². The van der Waals surface area contributed by atoms with Crippen LogP contribution in [0.15, 0.2) is 36.5 Å². The van der Waals surface area contributed by atoms with E-state index in [0.717, 1.165) is 6.42 Å². The number of amides is 1. The molecule has 0 saturated carbocycles. The molecule has 0 spiro atoms. The molecule has 3 rings (SSSR count). The van der Waals surface area contributed by atoms with Crippen LogP contribution in [0.5, 0.6) is 0 Å². The molecular weight excluding hydrogens is 321 g/mol. The summed E-state index contributed by atoms with van der Waals surface area (Å²) >= 11 is 0. The van der Waals surface area contributed by atoms with Gasteiger partial charge in [-0.1, -0.05) is 6.92 Å². The summed E-state index contributed by atoms with van der Waals surface area (Å²) in [6, 6.07) is 9.44. The van der Waals surface area contributed by atoms with Crippen LogP contribution in [-0.2, 0) is 0 Å². The zero-order valence-corrected chi connectivity index (χ0v) is 13.6. The minimum Gasteiger partial charge on any atom is -0.383 e. The van der Waals surface area contributed by atoms with Gasteiger partial charge in [0.25, 0.3) is 5.91 Å². The number of anilines is 1. The Labute approximate surface area is 143 Å².